The van der Waals surface area contributed by atoms with Gasteiger partial charge >= 0.3 is 0 Å². The summed E-state index contributed by atoms with van der Waals surface area (Å²) in [5.74, 6) is -0.270. The van der Waals surface area contributed by atoms with E-state index in [1.54, 1.807) is 12.1 Å². The third-order valence-corrected chi connectivity index (χ3v) is 5.83. The van der Waals surface area contributed by atoms with E-state index in [-0.39, 0.29) is 17.5 Å². The summed E-state index contributed by atoms with van der Waals surface area (Å²) in [5, 5.41) is 11.2. The third kappa shape index (κ3) is 1.83. The molecule has 1 aromatic rings. The summed E-state index contributed by atoms with van der Waals surface area (Å²) in [4.78, 5) is 25.2. The number of hydrogen-bond donors (Lipinski definition) is 1. The van der Waals surface area contributed by atoms with Gasteiger partial charge in [-0.3, -0.25) is 9.59 Å². The molecule has 0 aliphatic heterocycles. The van der Waals surface area contributed by atoms with E-state index in [4.69, 9.17) is 0 Å². The molecule has 1 N–H and O–H groups in total. The van der Waals surface area contributed by atoms with Gasteiger partial charge in [0, 0.05) is 12.0 Å². The second kappa shape index (κ2) is 4.77. The molecule has 2 fully saturated rings. The zero-order valence-corrected chi connectivity index (χ0v) is 12.6. The molecule has 3 heteroatoms. The highest BCUT2D eigenvalue weighted by atomic mass is 16.3. The van der Waals surface area contributed by atoms with Crippen LogP contribution in [0, 0.1) is 17.3 Å². The number of ketones is 2. The first kappa shape index (κ1) is 14.5. The number of carbonyl (C=O) groups excluding carboxylic acids is 2. The van der Waals surface area contributed by atoms with Gasteiger partial charge in [-0.25, -0.2) is 0 Å². The number of carbonyl (C=O) groups is 2. The SMILES string of the molecule is CC[C@H]1C[C@@]2(C)C(=O)CC[C@@]2(O)[C@@H]1C(=O)c1ccccc1. The van der Waals surface area contributed by atoms with E-state index in [0.717, 1.165) is 6.42 Å². The van der Waals surface area contributed by atoms with Crippen LogP contribution in [0.3, 0.4) is 0 Å². The van der Waals surface area contributed by atoms with Crippen molar-refractivity contribution in [2.75, 3.05) is 0 Å². The maximum Gasteiger partial charge on any atom is 0.169 e. The largest absolute Gasteiger partial charge is 0.388 e. The lowest BCUT2D eigenvalue weighted by molar-refractivity contribution is -0.133. The number of Topliss-reactive ketones (excluding diaryl/α,β-unsaturated/α-hetero) is 2. The Kier molecular flexibility index (Phi) is 3.28. The van der Waals surface area contributed by atoms with Gasteiger partial charge in [-0.15, -0.1) is 0 Å². The fraction of sp³-hybridized carbons (Fsp3) is 0.556. The Morgan fingerprint density at radius 3 is 2.62 bits per heavy atom. The van der Waals surface area contributed by atoms with Crippen LogP contribution in [0.15, 0.2) is 30.3 Å². The van der Waals surface area contributed by atoms with Crippen LogP contribution in [0.4, 0.5) is 0 Å². The minimum absolute atomic E-state index is 0.0108. The first-order valence-corrected chi connectivity index (χ1v) is 7.79. The van der Waals surface area contributed by atoms with Crippen molar-refractivity contribution >= 4 is 11.6 Å². The molecule has 0 unspecified atom stereocenters. The summed E-state index contributed by atoms with van der Waals surface area (Å²) in [7, 11) is 0. The van der Waals surface area contributed by atoms with Gasteiger partial charge in [-0.1, -0.05) is 43.7 Å². The summed E-state index contributed by atoms with van der Waals surface area (Å²) in [5.41, 5.74) is -1.28. The Balaban J connectivity index is 2.04. The van der Waals surface area contributed by atoms with E-state index in [1.165, 1.54) is 0 Å². The van der Waals surface area contributed by atoms with Gasteiger partial charge in [0.25, 0.3) is 0 Å². The lowest BCUT2D eigenvalue weighted by Gasteiger charge is -2.35. The van der Waals surface area contributed by atoms with Crippen LogP contribution < -0.4 is 0 Å². The highest BCUT2D eigenvalue weighted by molar-refractivity contribution is 6.01. The van der Waals surface area contributed by atoms with Crippen LogP contribution in [-0.2, 0) is 4.79 Å². The monoisotopic (exact) mass is 286 g/mol. The predicted molar refractivity (Wildman–Crippen MR) is 80.0 cm³/mol. The zero-order valence-electron chi connectivity index (χ0n) is 12.6. The van der Waals surface area contributed by atoms with Crippen molar-refractivity contribution in [1.82, 2.24) is 0 Å². The van der Waals surface area contributed by atoms with Crippen LogP contribution in [-0.4, -0.2) is 22.3 Å². The summed E-state index contributed by atoms with van der Waals surface area (Å²) in [6.07, 6.45) is 2.25. The first-order valence-electron chi connectivity index (χ1n) is 7.79. The zero-order chi connectivity index (χ0) is 15.3. The lowest BCUT2D eigenvalue weighted by atomic mass is 9.72. The number of aliphatic hydroxyl groups is 1. The average molecular weight is 286 g/mol. The van der Waals surface area contributed by atoms with Crippen molar-refractivity contribution in [3.63, 3.8) is 0 Å². The topological polar surface area (TPSA) is 54.4 Å². The third-order valence-electron chi connectivity index (χ3n) is 5.83. The molecule has 4 atom stereocenters. The van der Waals surface area contributed by atoms with E-state index >= 15 is 0 Å². The normalized spacial score (nSPS) is 38.5. The Hall–Kier alpha value is -1.48. The summed E-state index contributed by atoms with van der Waals surface area (Å²) < 4.78 is 0. The standard InChI is InChI=1S/C18H22O3/c1-3-12-11-17(2)14(19)9-10-18(17,21)15(12)16(20)13-7-5-4-6-8-13/h4-8,12,15,21H,3,9-11H2,1-2H3/t12-,15-,17-,18+/m0/s1. The highest BCUT2D eigenvalue weighted by Crippen LogP contribution is 2.61. The van der Waals surface area contributed by atoms with Crippen LogP contribution in [0.5, 0.6) is 0 Å². The van der Waals surface area contributed by atoms with Gasteiger partial charge in [-0.05, 0) is 25.7 Å². The fourth-order valence-corrected chi connectivity index (χ4v) is 4.51. The van der Waals surface area contributed by atoms with Gasteiger partial charge < -0.3 is 5.11 Å². The molecule has 2 aliphatic rings. The predicted octanol–water partition coefficient (Wildman–Crippen LogP) is 3.02. The van der Waals surface area contributed by atoms with Crippen molar-refractivity contribution in [3.8, 4) is 0 Å². The van der Waals surface area contributed by atoms with E-state index in [1.807, 2.05) is 32.0 Å². The molecule has 0 saturated heterocycles. The molecule has 21 heavy (non-hydrogen) atoms. The van der Waals surface area contributed by atoms with E-state index in [2.05, 4.69) is 0 Å². The Bertz CT molecular complexity index is 579. The molecule has 0 heterocycles. The maximum absolute atomic E-state index is 12.9. The van der Waals surface area contributed by atoms with Gasteiger partial charge in [0.1, 0.15) is 5.78 Å². The van der Waals surface area contributed by atoms with Crippen LogP contribution >= 0.6 is 0 Å². The molecular weight excluding hydrogens is 264 g/mol. The molecule has 0 radical (unpaired) electrons. The van der Waals surface area contributed by atoms with Crippen LogP contribution in [0.1, 0.15) is 49.9 Å². The molecule has 112 valence electrons. The van der Waals surface area contributed by atoms with Gasteiger partial charge in [0.05, 0.1) is 16.9 Å². The number of hydrogen-bond acceptors (Lipinski definition) is 3. The van der Waals surface area contributed by atoms with Gasteiger partial charge in [-0.2, -0.15) is 0 Å². The van der Waals surface area contributed by atoms with Gasteiger partial charge in [0.2, 0.25) is 0 Å². The quantitative estimate of drug-likeness (QED) is 0.869. The van der Waals surface area contributed by atoms with E-state index in [0.29, 0.717) is 24.8 Å². The minimum Gasteiger partial charge on any atom is -0.388 e. The van der Waals surface area contributed by atoms with Crippen molar-refractivity contribution in [1.29, 1.82) is 0 Å². The van der Waals surface area contributed by atoms with Crippen molar-refractivity contribution < 1.29 is 14.7 Å². The van der Waals surface area contributed by atoms with Crippen molar-refractivity contribution in [2.24, 2.45) is 17.3 Å². The number of fused-ring (bicyclic) bond motifs is 1. The van der Waals surface area contributed by atoms with Crippen molar-refractivity contribution in [3.05, 3.63) is 35.9 Å². The number of benzene rings is 1. The minimum atomic E-state index is -1.17. The van der Waals surface area contributed by atoms with Crippen molar-refractivity contribution in [2.45, 2.75) is 45.1 Å². The maximum atomic E-state index is 12.9. The molecule has 2 aliphatic carbocycles. The molecular formula is C18H22O3. The number of rotatable bonds is 3. The molecule has 1 aromatic carbocycles. The Morgan fingerprint density at radius 1 is 1.33 bits per heavy atom. The van der Waals surface area contributed by atoms with E-state index < -0.39 is 16.9 Å². The summed E-state index contributed by atoms with van der Waals surface area (Å²) in [6.45, 7) is 3.89. The van der Waals surface area contributed by atoms with E-state index in [9.17, 15) is 14.7 Å². The summed E-state index contributed by atoms with van der Waals surface area (Å²) in [6, 6.07) is 9.15. The Morgan fingerprint density at radius 2 is 2.00 bits per heavy atom. The van der Waals surface area contributed by atoms with Crippen LogP contribution in [0.2, 0.25) is 0 Å². The highest BCUT2D eigenvalue weighted by Gasteiger charge is 2.68. The molecule has 0 aromatic heterocycles. The molecule has 0 amide bonds. The summed E-state index contributed by atoms with van der Waals surface area (Å²) >= 11 is 0. The smallest absolute Gasteiger partial charge is 0.169 e. The molecule has 0 bridgehead atoms. The molecule has 3 rings (SSSR count). The second-order valence-electron chi connectivity index (χ2n) is 6.76. The first-order chi connectivity index (χ1) is 9.94. The molecule has 2 saturated carbocycles. The van der Waals surface area contributed by atoms with Gasteiger partial charge in [0.15, 0.2) is 5.78 Å². The molecule has 0 spiro atoms. The van der Waals surface area contributed by atoms with Crippen LogP contribution in [0.25, 0.3) is 0 Å². The molecule has 3 nitrogen and oxygen atoms in total. The Labute approximate surface area is 125 Å². The second-order valence-corrected chi connectivity index (χ2v) is 6.76. The lowest BCUT2D eigenvalue weighted by Crippen LogP contribution is -2.48. The average Bonchev–Trinajstić information content (AvgIpc) is 2.86. The fourth-order valence-electron chi connectivity index (χ4n) is 4.51.